The Morgan fingerprint density at radius 1 is 1.57 bits per heavy atom. The number of nitrogens with two attached hydrogens (primary N) is 1. The van der Waals surface area contributed by atoms with Gasteiger partial charge in [0.2, 0.25) is 0 Å². The molecule has 0 bridgehead atoms. The van der Waals surface area contributed by atoms with Gasteiger partial charge in [0, 0.05) is 25.6 Å². The number of nitrogens with zero attached hydrogens (tertiary/aromatic N) is 3. The summed E-state index contributed by atoms with van der Waals surface area (Å²) < 4.78 is 0. The van der Waals surface area contributed by atoms with E-state index in [0.29, 0.717) is 19.5 Å². The number of carbonyl (C=O) groups excluding carboxylic acids is 1. The summed E-state index contributed by atoms with van der Waals surface area (Å²) in [7, 11) is 0. The second-order valence-corrected chi connectivity index (χ2v) is 4.88. The summed E-state index contributed by atoms with van der Waals surface area (Å²) in [5, 5.41) is 19.5. The van der Waals surface area contributed by atoms with Gasteiger partial charge in [-0.25, -0.2) is 4.98 Å². The average molecular weight is 294 g/mol. The highest BCUT2D eigenvalue weighted by atomic mass is 16.6. The first kappa shape index (κ1) is 14.7. The maximum atomic E-state index is 11.5. The summed E-state index contributed by atoms with van der Waals surface area (Å²) in [6.45, 7) is 0.959. The fourth-order valence-electron chi connectivity index (χ4n) is 2.42. The minimum Gasteiger partial charge on any atom is -0.481 e. The van der Waals surface area contributed by atoms with Crippen LogP contribution < -0.4 is 10.6 Å². The SMILES string of the molecule is NC(=O)c1cc([N+](=O)[O-])cnc1N1CCC(CC(=O)O)C1. The first-order chi connectivity index (χ1) is 9.88. The molecule has 112 valence electrons. The molecule has 1 aliphatic heterocycles. The van der Waals surface area contributed by atoms with Crippen molar-refractivity contribution in [3.8, 4) is 0 Å². The lowest BCUT2D eigenvalue weighted by molar-refractivity contribution is -0.385. The molecule has 1 fully saturated rings. The molecule has 1 unspecified atom stereocenters. The Balaban J connectivity index is 2.26. The van der Waals surface area contributed by atoms with Gasteiger partial charge in [0.25, 0.3) is 11.6 Å². The Kier molecular flexibility index (Phi) is 4.01. The second kappa shape index (κ2) is 5.73. The van der Waals surface area contributed by atoms with Gasteiger partial charge in [-0.05, 0) is 12.3 Å². The number of amides is 1. The molecule has 3 N–H and O–H groups in total. The van der Waals surface area contributed by atoms with Crippen molar-refractivity contribution < 1.29 is 19.6 Å². The molecule has 0 radical (unpaired) electrons. The van der Waals surface area contributed by atoms with Gasteiger partial charge in [0.05, 0.1) is 10.5 Å². The topological polar surface area (TPSA) is 140 Å². The van der Waals surface area contributed by atoms with Crippen molar-refractivity contribution in [2.75, 3.05) is 18.0 Å². The highest BCUT2D eigenvalue weighted by Crippen LogP contribution is 2.28. The molecule has 9 heteroatoms. The lowest BCUT2D eigenvalue weighted by Crippen LogP contribution is -2.26. The molecule has 9 nitrogen and oxygen atoms in total. The number of carboxylic acid groups (broad SMARTS) is 1. The Hall–Kier alpha value is -2.71. The molecule has 0 saturated carbocycles. The number of anilines is 1. The van der Waals surface area contributed by atoms with Crippen LogP contribution in [0.3, 0.4) is 0 Å². The van der Waals surface area contributed by atoms with Crippen molar-refractivity contribution >= 4 is 23.4 Å². The quantitative estimate of drug-likeness (QED) is 0.591. The Bertz CT molecular complexity index is 603. The minimum absolute atomic E-state index is 0.0276. The summed E-state index contributed by atoms with van der Waals surface area (Å²) >= 11 is 0. The zero-order valence-electron chi connectivity index (χ0n) is 11.1. The summed E-state index contributed by atoms with van der Waals surface area (Å²) in [4.78, 5) is 37.9. The molecular weight excluding hydrogens is 280 g/mol. The molecule has 0 aliphatic carbocycles. The number of hydrogen-bond donors (Lipinski definition) is 2. The highest BCUT2D eigenvalue weighted by Gasteiger charge is 2.28. The molecule has 21 heavy (non-hydrogen) atoms. The Morgan fingerprint density at radius 2 is 2.29 bits per heavy atom. The number of rotatable bonds is 5. The van der Waals surface area contributed by atoms with Crippen LogP contribution in [-0.4, -0.2) is 40.0 Å². The fourth-order valence-corrected chi connectivity index (χ4v) is 2.42. The highest BCUT2D eigenvalue weighted by molar-refractivity contribution is 5.98. The molecule has 0 spiro atoms. The Labute approximate surface area is 119 Å². The third kappa shape index (κ3) is 3.25. The van der Waals surface area contributed by atoms with Gasteiger partial charge in [-0.3, -0.25) is 19.7 Å². The molecule has 2 heterocycles. The van der Waals surface area contributed by atoms with Crippen LogP contribution in [0.15, 0.2) is 12.3 Å². The van der Waals surface area contributed by atoms with Crippen molar-refractivity contribution in [3.63, 3.8) is 0 Å². The standard InChI is InChI=1S/C12H14N4O5/c13-11(19)9-4-8(16(20)21)5-14-12(9)15-2-1-7(6-15)3-10(17)18/h4-5,7H,1-3,6H2,(H2,13,19)(H,17,18). The van der Waals surface area contributed by atoms with Crippen LogP contribution in [0.5, 0.6) is 0 Å². The van der Waals surface area contributed by atoms with Crippen LogP contribution in [-0.2, 0) is 4.79 Å². The molecule has 1 aromatic rings. The summed E-state index contributed by atoms with van der Waals surface area (Å²) in [6.07, 6.45) is 1.75. The normalized spacial score (nSPS) is 17.7. The first-order valence-corrected chi connectivity index (χ1v) is 6.29. The van der Waals surface area contributed by atoms with E-state index in [-0.39, 0.29) is 29.4 Å². The number of primary amides is 1. The molecule has 1 amide bonds. The average Bonchev–Trinajstić information content (AvgIpc) is 2.85. The van der Waals surface area contributed by atoms with Gasteiger partial charge >= 0.3 is 5.97 Å². The zero-order valence-corrected chi connectivity index (χ0v) is 11.1. The van der Waals surface area contributed by atoms with Crippen molar-refractivity contribution in [1.29, 1.82) is 0 Å². The largest absolute Gasteiger partial charge is 0.481 e. The number of nitro groups is 1. The Morgan fingerprint density at radius 3 is 2.86 bits per heavy atom. The number of hydrogen-bond acceptors (Lipinski definition) is 6. The predicted octanol–water partition coefficient (Wildman–Crippen LogP) is 0.390. The minimum atomic E-state index is -0.881. The van der Waals surface area contributed by atoms with Crippen molar-refractivity contribution in [2.24, 2.45) is 11.7 Å². The van der Waals surface area contributed by atoms with E-state index in [1.165, 1.54) is 0 Å². The molecule has 1 saturated heterocycles. The van der Waals surface area contributed by atoms with E-state index in [9.17, 15) is 19.7 Å². The van der Waals surface area contributed by atoms with Gasteiger partial charge < -0.3 is 15.7 Å². The monoisotopic (exact) mass is 294 g/mol. The summed E-state index contributed by atoms with van der Waals surface area (Å²) in [5.74, 6) is -1.46. The molecule has 2 rings (SSSR count). The van der Waals surface area contributed by atoms with E-state index < -0.39 is 16.8 Å². The molecule has 1 atom stereocenters. The van der Waals surface area contributed by atoms with E-state index in [1.807, 2.05) is 0 Å². The number of carbonyl (C=O) groups is 2. The third-order valence-electron chi connectivity index (χ3n) is 3.38. The zero-order chi connectivity index (χ0) is 15.6. The van der Waals surface area contributed by atoms with E-state index in [4.69, 9.17) is 10.8 Å². The maximum absolute atomic E-state index is 11.5. The van der Waals surface area contributed by atoms with Crippen molar-refractivity contribution in [1.82, 2.24) is 4.98 Å². The van der Waals surface area contributed by atoms with Crippen molar-refractivity contribution in [2.45, 2.75) is 12.8 Å². The van der Waals surface area contributed by atoms with Gasteiger partial charge in [-0.15, -0.1) is 0 Å². The first-order valence-electron chi connectivity index (χ1n) is 6.29. The lowest BCUT2D eigenvalue weighted by atomic mass is 10.1. The predicted molar refractivity (Wildman–Crippen MR) is 72.0 cm³/mol. The number of pyridine rings is 1. The van der Waals surface area contributed by atoms with Gasteiger partial charge in [0.15, 0.2) is 0 Å². The van der Waals surface area contributed by atoms with Crippen LogP contribution in [0, 0.1) is 16.0 Å². The smallest absolute Gasteiger partial charge is 0.303 e. The van der Waals surface area contributed by atoms with Gasteiger partial charge in [-0.2, -0.15) is 0 Å². The van der Waals surface area contributed by atoms with Gasteiger partial charge in [0.1, 0.15) is 12.0 Å². The van der Waals surface area contributed by atoms with Crippen LogP contribution in [0.4, 0.5) is 11.5 Å². The van der Waals surface area contributed by atoms with Crippen molar-refractivity contribution in [3.05, 3.63) is 27.9 Å². The number of carboxylic acids is 1. The summed E-state index contributed by atoms with van der Waals surface area (Å²) in [6, 6.07) is 1.09. The number of aromatic nitrogens is 1. The van der Waals surface area contributed by atoms with Gasteiger partial charge in [-0.1, -0.05) is 0 Å². The third-order valence-corrected chi connectivity index (χ3v) is 3.38. The van der Waals surface area contributed by atoms with Crippen LogP contribution in [0.25, 0.3) is 0 Å². The van der Waals surface area contributed by atoms with E-state index in [2.05, 4.69) is 4.98 Å². The lowest BCUT2D eigenvalue weighted by Gasteiger charge is -2.19. The number of aliphatic carboxylic acids is 1. The molecule has 1 aromatic heterocycles. The second-order valence-electron chi connectivity index (χ2n) is 4.88. The van der Waals surface area contributed by atoms with Crippen LogP contribution in [0.2, 0.25) is 0 Å². The van der Waals surface area contributed by atoms with Crippen LogP contribution in [0.1, 0.15) is 23.2 Å². The summed E-state index contributed by atoms with van der Waals surface area (Å²) in [5.41, 5.74) is 4.91. The van der Waals surface area contributed by atoms with E-state index >= 15 is 0 Å². The van der Waals surface area contributed by atoms with E-state index in [1.54, 1.807) is 4.90 Å². The molecular formula is C12H14N4O5. The maximum Gasteiger partial charge on any atom is 0.303 e. The van der Waals surface area contributed by atoms with E-state index in [0.717, 1.165) is 12.3 Å². The van der Waals surface area contributed by atoms with Crippen LogP contribution >= 0.6 is 0 Å². The fraction of sp³-hybridized carbons (Fsp3) is 0.417. The molecule has 0 aromatic carbocycles. The molecule has 1 aliphatic rings.